The van der Waals surface area contributed by atoms with Crippen molar-refractivity contribution >= 4 is 27.7 Å². The van der Waals surface area contributed by atoms with Gasteiger partial charge in [-0.25, -0.2) is 4.98 Å². The van der Waals surface area contributed by atoms with Gasteiger partial charge in [0.1, 0.15) is 18.8 Å². The summed E-state index contributed by atoms with van der Waals surface area (Å²) < 4.78 is 16.3. The first-order valence-corrected chi connectivity index (χ1v) is 12.0. The normalized spacial score (nSPS) is 14.3. The third kappa shape index (κ3) is 4.80. The molecule has 0 bridgehead atoms. The molecule has 1 saturated heterocycles. The van der Waals surface area contributed by atoms with Crippen LogP contribution in [-0.4, -0.2) is 69.5 Å². The van der Waals surface area contributed by atoms with Crippen LogP contribution >= 0.6 is 0 Å². The zero-order valence-electron chi connectivity index (χ0n) is 20.1. The fourth-order valence-electron chi connectivity index (χ4n) is 4.70. The number of quaternary nitrogens is 1. The van der Waals surface area contributed by atoms with Crippen LogP contribution < -0.4 is 19.7 Å². The standard InChI is InChI=1S/C27H30N4O4/c1-33-23-9-8-18(16-24(23)34-2)25-26-20(19-6-3-4-7-21(19)29-26)17-22(30-25)27(32)28-10-5-11-31-12-14-35-15-13-31/h3-4,6-9,16-17,29H,5,10-15H2,1-2H3,(H,28,32)/p+1. The van der Waals surface area contributed by atoms with E-state index in [1.54, 1.807) is 14.2 Å². The summed E-state index contributed by atoms with van der Waals surface area (Å²) in [4.78, 5) is 23.0. The second kappa shape index (κ2) is 10.3. The number of aromatic nitrogens is 2. The second-order valence-electron chi connectivity index (χ2n) is 8.74. The molecule has 8 heteroatoms. The maximum atomic E-state index is 13.1. The van der Waals surface area contributed by atoms with Gasteiger partial charge < -0.3 is 29.4 Å². The SMILES string of the molecule is COc1ccc(-c2nc(C(=O)NCCC[NH+]3CCOCC3)cc3c2[nH]c2ccccc23)cc1OC. The molecular formula is C27H31N4O4+. The number of pyridine rings is 1. The molecule has 1 amide bonds. The first-order valence-electron chi connectivity index (χ1n) is 12.0. The number of methoxy groups -OCH3 is 2. The minimum atomic E-state index is -0.170. The van der Waals surface area contributed by atoms with E-state index in [2.05, 4.69) is 16.4 Å². The summed E-state index contributed by atoms with van der Waals surface area (Å²) in [5.74, 6) is 1.08. The summed E-state index contributed by atoms with van der Waals surface area (Å²) >= 11 is 0. The lowest BCUT2D eigenvalue weighted by Crippen LogP contribution is -3.14. The van der Waals surface area contributed by atoms with Gasteiger partial charge in [-0.15, -0.1) is 0 Å². The molecule has 1 aliphatic heterocycles. The molecule has 0 aliphatic carbocycles. The summed E-state index contributed by atoms with van der Waals surface area (Å²) in [6.45, 7) is 5.32. The molecule has 3 heterocycles. The van der Waals surface area contributed by atoms with Crippen molar-refractivity contribution in [3.05, 3.63) is 54.2 Å². The number of H-pyrrole nitrogens is 1. The summed E-state index contributed by atoms with van der Waals surface area (Å²) in [6, 6.07) is 15.6. The van der Waals surface area contributed by atoms with Crippen LogP contribution in [0, 0.1) is 0 Å². The topological polar surface area (TPSA) is 89.9 Å². The maximum absolute atomic E-state index is 13.1. The Balaban J connectivity index is 1.46. The Bertz CT molecular complexity index is 1340. The molecule has 5 rings (SSSR count). The monoisotopic (exact) mass is 475 g/mol. The molecule has 0 saturated carbocycles. The molecule has 8 nitrogen and oxygen atoms in total. The minimum absolute atomic E-state index is 0.170. The number of amides is 1. The van der Waals surface area contributed by atoms with Gasteiger partial charge in [0, 0.05) is 34.8 Å². The summed E-state index contributed by atoms with van der Waals surface area (Å²) in [5.41, 5.74) is 3.81. The molecule has 1 fully saturated rings. The smallest absolute Gasteiger partial charge is 0.269 e. The highest BCUT2D eigenvalue weighted by atomic mass is 16.5. The third-order valence-corrected chi connectivity index (χ3v) is 6.58. The van der Waals surface area contributed by atoms with Crippen molar-refractivity contribution in [2.75, 3.05) is 53.6 Å². The molecule has 4 aromatic rings. The molecule has 2 aromatic carbocycles. The number of fused-ring (bicyclic) bond motifs is 3. The predicted molar refractivity (Wildman–Crippen MR) is 135 cm³/mol. The van der Waals surface area contributed by atoms with Crippen LogP contribution in [0.25, 0.3) is 33.1 Å². The van der Waals surface area contributed by atoms with Crippen LogP contribution in [0.2, 0.25) is 0 Å². The lowest BCUT2D eigenvalue weighted by molar-refractivity contribution is -0.908. The Labute approximate surface area is 204 Å². The van der Waals surface area contributed by atoms with Crippen molar-refractivity contribution in [2.24, 2.45) is 0 Å². The number of carbonyl (C=O) groups excluding carboxylic acids is 1. The highest BCUT2D eigenvalue weighted by Gasteiger charge is 2.19. The van der Waals surface area contributed by atoms with E-state index < -0.39 is 0 Å². The van der Waals surface area contributed by atoms with E-state index >= 15 is 0 Å². The number of nitrogens with one attached hydrogen (secondary N) is 3. The fourth-order valence-corrected chi connectivity index (χ4v) is 4.70. The average molecular weight is 476 g/mol. The molecule has 0 atom stereocenters. The highest BCUT2D eigenvalue weighted by Crippen LogP contribution is 2.36. The maximum Gasteiger partial charge on any atom is 0.269 e. The molecule has 0 spiro atoms. The van der Waals surface area contributed by atoms with Gasteiger partial charge in [-0.1, -0.05) is 18.2 Å². The van der Waals surface area contributed by atoms with Gasteiger partial charge in [-0.2, -0.15) is 0 Å². The molecule has 3 N–H and O–H groups in total. The van der Waals surface area contributed by atoms with Crippen molar-refractivity contribution in [2.45, 2.75) is 6.42 Å². The van der Waals surface area contributed by atoms with E-state index in [1.807, 2.05) is 42.5 Å². The van der Waals surface area contributed by atoms with Crippen molar-refractivity contribution < 1.29 is 23.9 Å². The molecule has 0 radical (unpaired) electrons. The Morgan fingerprint density at radius 3 is 2.66 bits per heavy atom. The highest BCUT2D eigenvalue weighted by molar-refractivity contribution is 6.13. The van der Waals surface area contributed by atoms with Crippen LogP contribution in [0.15, 0.2) is 48.5 Å². The number of para-hydroxylation sites is 1. The van der Waals surface area contributed by atoms with Gasteiger partial charge in [-0.3, -0.25) is 4.79 Å². The predicted octanol–water partition coefficient (Wildman–Crippen LogP) is 2.44. The molecule has 2 aromatic heterocycles. The van der Waals surface area contributed by atoms with Gasteiger partial charge in [0.25, 0.3) is 5.91 Å². The minimum Gasteiger partial charge on any atom is -0.493 e. The molecule has 0 unspecified atom stereocenters. The zero-order valence-corrected chi connectivity index (χ0v) is 20.1. The lowest BCUT2D eigenvalue weighted by Gasteiger charge is -2.23. The Hall–Kier alpha value is -3.62. The van der Waals surface area contributed by atoms with Crippen molar-refractivity contribution in [1.29, 1.82) is 0 Å². The first-order chi connectivity index (χ1) is 17.2. The number of nitrogens with zero attached hydrogens (tertiary/aromatic N) is 1. The number of carbonyl (C=O) groups is 1. The Morgan fingerprint density at radius 1 is 1.06 bits per heavy atom. The number of rotatable bonds is 8. The molecule has 35 heavy (non-hydrogen) atoms. The van der Waals surface area contributed by atoms with Gasteiger partial charge in [0.2, 0.25) is 0 Å². The van der Waals surface area contributed by atoms with Crippen LogP contribution in [0.5, 0.6) is 11.5 Å². The van der Waals surface area contributed by atoms with E-state index in [0.29, 0.717) is 29.4 Å². The quantitative estimate of drug-likeness (QED) is 0.341. The number of ether oxygens (including phenoxy) is 3. The number of aromatic amines is 1. The van der Waals surface area contributed by atoms with E-state index in [9.17, 15) is 4.79 Å². The van der Waals surface area contributed by atoms with E-state index in [4.69, 9.17) is 19.2 Å². The number of hydrogen-bond donors (Lipinski definition) is 3. The van der Waals surface area contributed by atoms with Crippen LogP contribution in [0.3, 0.4) is 0 Å². The van der Waals surface area contributed by atoms with Crippen molar-refractivity contribution in [3.63, 3.8) is 0 Å². The summed E-state index contributed by atoms with van der Waals surface area (Å²) in [5, 5.41) is 5.08. The van der Waals surface area contributed by atoms with Crippen LogP contribution in [0.1, 0.15) is 16.9 Å². The summed E-state index contributed by atoms with van der Waals surface area (Å²) in [6.07, 6.45) is 0.916. The largest absolute Gasteiger partial charge is 0.493 e. The van der Waals surface area contributed by atoms with E-state index in [0.717, 1.165) is 66.6 Å². The lowest BCUT2D eigenvalue weighted by atomic mass is 10.1. The van der Waals surface area contributed by atoms with E-state index in [-0.39, 0.29) is 5.91 Å². The molecule has 1 aliphatic rings. The zero-order chi connectivity index (χ0) is 24.2. The van der Waals surface area contributed by atoms with Crippen LogP contribution in [0.4, 0.5) is 0 Å². The first kappa shape index (κ1) is 23.1. The van der Waals surface area contributed by atoms with E-state index in [1.165, 1.54) is 4.90 Å². The third-order valence-electron chi connectivity index (χ3n) is 6.58. The van der Waals surface area contributed by atoms with Gasteiger partial charge in [-0.05, 0) is 30.3 Å². The number of hydrogen-bond acceptors (Lipinski definition) is 5. The fraction of sp³-hybridized carbons (Fsp3) is 0.333. The van der Waals surface area contributed by atoms with Crippen LogP contribution in [-0.2, 0) is 4.74 Å². The molecular weight excluding hydrogens is 444 g/mol. The number of benzene rings is 2. The second-order valence-corrected chi connectivity index (χ2v) is 8.74. The average Bonchev–Trinajstić information content (AvgIpc) is 3.29. The van der Waals surface area contributed by atoms with Crippen molar-refractivity contribution in [1.82, 2.24) is 15.3 Å². The Kier molecular flexibility index (Phi) is 6.83. The molecule has 182 valence electrons. The van der Waals surface area contributed by atoms with Gasteiger partial charge in [0.05, 0.1) is 45.2 Å². The Morgan fingerprint density at radius 2 is 1.86 bits per heavy atom. The van der Waals surface area contributed by atoms with Gasteiger partial charge >= 0.3 is 0 Å². The van der Waals surface area contributed by atoms with Crippen molar-refractivity contribution in [3.8, 4) is 22.8 Å². The summed E-state index contributed by atoms with van der Waals surface area (Å²) in [7, 11) is 3.22. The number of morpholine rings is 1. The van der Waals surface area contributed by atoms with Gasteiger partial charge in [0.15, 0.2) is 11.5 Å².